The second-order valence-electron chi connectivity index (χ2n) is 5.21. The summed E-state index contributed by atoms with van der Waals surface area (Å²) >= 11 is 0. The van der Waals surface area contributed by atoms with Crippen molar-refractivity contribution in [3.05, 3.63) is 55.1 Å². The summed E-state index contributed by atoms with van der Waals surface area (Å²) in [6.45, 7) is 1.98. The lowest BCUT2D eigenvalue weighted by atomic mass is 10.2. The zero-order chi connectivity index (χ0) is 16.8. The molecule has 0 spiro atoms. The maximum absolute atomic E-state index is 11.6. The van der Waals surface area contributed by atoms with Crippen molar-refractivity contribution in [2.45, 2.75) is 19.8 Å². The maximum Gasteiger partial charge on any atom is 0.224 e. The van der Waals surface area contributed by atoms with Crippen molar-refractivity contribution in [1.29, 1.82) is 0 Å². The van der Waals surface area contributed by atoms with Crippen LogP contribution in [0.3, 0.4) is 0 Å². The van der Waals surface area contributed by atoms with E-state index in [1.807, 2.05) is 49.5 Å². The zero-order valence-electron chi connectivity index (χ0n) is 13.3. The maximum atomic E-state index is 11.6. The van der Waals surface area contributed by atoms with Crippen molar-refractivity contribution in [3.8, 4) is 5.82 Å². The molecule has 0 atom stereocenters. The van der Waals surface area contributed by atoms with Gasteiger partial charge in [-0.15, -0.1) is 0 Å². The van der Waals surface area contributed by atoms with Gasteiger partial charge in [-0.3, -0.25) is 4.79 Å². The minimum atomic E-state index is 0.0258. The first kappa shape index (κ1) is 15.7. The Morgan fingerprint density at radius 2 is 1.96 bits per heavy atom. The largest absolute Gasteiger partial charge is 0.340 e. The summed E-state index contributed by atoms with van der Waals surface area (Å²) in [5.74, 6) is 1.37. The van der Waals surface area contributed by atoms with E-state index >= 15 is 0 Å². The Morgan fingerprint density at radius 3 is 2.67 bits per heavy atom. The Hall–Kier alpha value is -3.22. The summed E-state index contributed by atoms with van der Waals surface area (Å²) in [5.41, 5.74) is 1.65. The molecule has 0 aliphatic carbocycles. The molecule has 24 heavy (non-hydrogen) atoms. The number of nitrogens with one attached hydrogen (secondary N) is 2. The summed E-state index contributed by atoms with van der Waals surface area (Å²) in [5, 5.41) is 10.2. The van der Waals surface area contributed by atoms with Gasteiger partial charge in [-0.1, -0.05) is 6.92 Å². The van der Waals surface area contributed by atoms with Crippen LogP contribution in [0.1, 0.15) is 19.8 Å². The standard InChI is InChI=1S/C17H18N6O/c1-2-4-17(24)22-14-7-5-13(6-8-14)21-15-11-16(19-12-18-15)23-10-3-9-20-23/h3,5-12H,2,4H2,1H3,(H,22,24)(H,18,19,21). The predicted molar refractivity (Wildman–Crippen MR) is 92.4 cm³/mol. The molecule has 2 heterocycles. The molecule has 0 aliphatic rings. The van der Waals surface area contributed by atoms with Crippen LogP contribution in [0, 0.1) is 0 Å². The van der Waals surface area contributed by atoms with Gasteiger partial charge in [-0.2, -0.15) is 5.10 Å². The molecule has 0 radical (unpaired) electrons. The molecule has 2 N–H and O–H groups in total. The summed E-state index contributed by atoms with van der Waals surface area (Å²) < 4.78 is 1.67. The topological polar surface area (TPSA) is 84.7 Å². The molecule has 2 aromatic heterocycles. The highest BCUT2D eigenvalue weighted by atomic mass is 16.1. The Balaban J connectivity index is 1.68. The highest BCUT2D eigenvalue weighted by Crippen LogP contribution is 2.18. The molecule has 3 rings (SSSR count). The Bertz CT molecular complexity index is 798. The molecule has 0 saturated heterocycles. The van der Waals surface area contributed by atoms with E-state index in [1.54, 1.807) is 10.9 Å². The van der Waals surface area contributed by atoms with Crippen LogP contribution in [-0.4, -0.2) is 25.7 Å². The normalized spacial score (nSPS) is 10.4. The molecular formula is C17H18N6O. The van der Waals surface area contributed by atoms with E-state index in [2.05, 4.69) is 25.7 Å². The monoisotopic (exact) mass is 322 g/mol. The number of hydrogen-bond donors (Lipinski definition) is 2. The lowest BCUT2D eigenvalue weighted by Crippen LogP contribution is -2.10. The zero-order valence-corrected chi connectivity index (χ0v) is 13.3. The molecule has 0 bridgehead atoms. The third-order valence-corrected chi connectivity index (χ3v) is 3.31. The van der Waals surface area contributed by atoms with Crippen LogP contribution in [0.25, 0.3) is 5.82 Å². The lowest BCUT2D eigenvalue weighted by molar-refractivity contribution is -0.116. The number of aromatic nitrogens is 4. The van der Waals surface area contributed by atoms with Crippen molar-refractivity contribution < 1.29 is 4.79 Å². The molecule has 1 aromatic carbocycles. The average molecular weight is 322 g/mol. The van der Waals surface area contributed by atoms with Gasteiger partial charge < -0.3 is 10.6 Å². The van der Waals surface area contributed by atoms with Crippen LogP contribution < -0.4 is 10.6 Å². The molecule has 0 saturated carbocycles. The summed E-state index contributed by atoms with van der Waals surface area (Å²) in [4.78, 5) is 20.0. The first-order chi connectivity index (χ1) is 11.7. The van der Waals surface area contributed by atoms with Crippen molar-refractivity contribution in [1.82, 2.24) is 19.7 Å². The van der Waals surface area contributed by atoms with Gasteiger partial charge in [0.05, 0.1) is 0 Å². The average Bonchev–Trinajstić information content (AvgIpc) is 3.12. The summed E-state index contributed by atoms with van der Waals surface area (Å²) in [6.07, 6.45) is 6.36. The van der Waals surface area contributed by atoms with E-state index in [0.717, 1.165) is 17.8 Å². The first-order valence-corrected chi connectivity index (χ1v) is 7.73. The Morgan fingerprint density at radius 1 is 1.17 bits per heavy atom. The van der Waals surface area contributed by atoms with Crippen molar-refractivity contribution in [3.63, 3.8) is 0 Å². The summed E-state index contributed by atoms with van der Waals surface area (Å²) in [7, 11) is 0. The van der Waals surface area contributed by atoms with Gasteiger partial charge in [-0.25, -0.2) is 14.6 Å². The number of amides is 1. The fourth-order valence-corrected chi connectivity index (χ4v) is 2.18. The smallest absolute Gasteiger partial charge is 0.224 e. The molecule has 3 aromatic rings. The fraction of sp³-hybridized carbons (Fsp3) is 0.176. The van der Waals surface area contributed by atoms with Crippen LogP contribution >= 0.6 is 0 Å². The molecule has 0 aliphatic heterocycles. The molecule has 122 valence electrons. The fourth-order valence-electron chi connectivity index (χ4n) is 2.18. The van der Waals surface area contributed by atoms with E-state index in [0.29, 0.717) is 18.1 Å². The van der Waals surface area contributed by atoms with Crippen LogP contribution in [-0.2, 0) is 4.79 Å². The molecular weight excluding hydrogens is 304 g/mol. The van der Waals surface area contributed by atoms with E-state index in [9.17, 15) is 4.79 Å². The Labute approximate surface area is 139 Å². The van der Waals surface area contributed by atoms with Crippen LogP contribution in [0.4, 0.5) is 17.2 Å². The number of carbonyl (C=O) groups excluding carboxylic acids is 1. The number of rotatable bonds is 6. The Kier molecular flexibility index (Phi) is 4.81. The SMILES string of the molecule is CCCC(=O)Nc1ccc(Nc2cc(-n3cccn3)ncn2)cc1. The third-order valence-electron chi connectivity index (χ3n) is 3.31. The van der Waals surface area contributed by atoms with Crippen molar-refractivity contribution >= 4 is 23.1 Å². The van der Waals surface area contributed by atoms with Gasteiger partial charge in [0.2, 0.25) is 5.91 Å². The number of anilines is 3. The molecule has 1 amide bonds. The van der Waals surface area contributed by atoms with E-state index in [4.69, 9.17) is 0 Å². The first-order valence-electron chi connectivity index (χ1n) is 7.73. The summed E-state index contributed by atoms with van der Waals surface area (Å²) in [6, 6.07) is 11.1. The van der Waals surface area contributed by atoms with Gasteiger partial charge in [0.15, 0.2) is 5.82 Å². The second kappa shape index (κ2) is 7.36. The molecule has 7 nitrogen and oxygen atoms in total. The van der Waals surface area contributed by atoms with Gasteiger partial charge in [0.25, 0.3) is 0 Å². The highest BCUT2D eigenvalue weighted by Gasteiger charge is 2.03. The van der Waals surface area contributed by atoms with Gasteiger partial charge in [-0.05, 0) is 36.8 Å². The highest BCUT2D eigenvalue weighted by molar-refractivity contribution is 5.90. The minimum absolute atomic E-state index is 0.0258. The van der Waals surface area contributed by atoms with Crippen LogP contribution in [0.2, 0.25) is 0 Å². The van der Waals surface area contributed by atoms with Crippen LogP contribution in [0.5, 0.6) is 0 Å². The lowest BCUT2D eigenvalue weighted by Gasteiger charge is -2.09. The minimum Gasteiger partial charge on any atom is -0.340 e. The van der Waals surface area contributed by atoms with Crippen LogP contribution in [0.15, 0.2) is 55.1 Å². The van der Waals surface area contributed by atoms with Crippen molar-refractivity contribution in [2.24, 2.45) is 0 Å². The third kappa shape index (κ3) is 3.95. The number of hydrogen-bond acceptors (Lipinski definition) is 5. The van der Waals surface area contributed by atoms with Gasteiger partial charge in [0.1, 0.15) is 12.1 Å². The molecule has 0 unspecified atom stereocenters. The van der Waals surface area contributed by atoms with Gasteiger partial charge >= 0.3 is 0 Å². The predicted octanol–water partition coefficient (Wildman–Crippen LogP) is 3.14. The number of carbonyl (C=O) groups is 1. The number of benzene rings is 1. The molecule has 7 heteroatoms. The second-order valence-corrected chi connectivity index (χ2v) is 5.21. The van der Waals surface area contributed by atoms with E-state index in [-0.39, 0.29) is 5.91 Å². The van der Waals surface area contributed by atoms with Gasteiger partial charge in [0, 0.05) is 36.3 Å². The quantitative estimate of drug-likeness (QED) is 0.728. The van der Waals surface area contributed by atoms with E-state index < -0.39 is 0 Å². The van der Waals surface area contributed by atoms with E-state index in [1.165, 1.54) is 6.33 Å². The molecule has 0 fully saturated rings. The number of nitrogens with zero attached hydrogens (tertiary/aromatic N) is 4. The van der Waals surface area contributed by atoms with Crippen molar-refractivity contribution in [2.75, 3.05) is 10.6 Å².